The van der Waals surface area contributed by atoms with E-state index in [-0.39, 0.29) is 5.91 Å². The average Bonchev–Trinajstić information content (AvgIpc) is 3.00. The number of benzene rings is 3. The van der Waals surface area contributed by atoms with Crippen LogP contribution in [0.15, 0.2) is 91.5 Å². The van der Waals surface area contributed by atoms with E-state index >= 15 is 0 Å². The average molecular weight is 522 g/mol. The molecule has 1 saturated carbocycles. The van der Waals surface area contributed by atoms with E-state index in [1.165, 1.54) is 78.0 Å². The van der Waals surface area contributed by atoms with Crippen LogP contribution in [0, 0.1) is 5.92 Å². The lowest BCUT2D eigenvalue weighted by molar-refractivity contribution is -0.116. The Bertz CT molecular complexity index is 1230. The van der Waals surface area contributed by atoms with Gasteiger partial charge in [-0.25, -0.2) is 0 Å². The lowest BCUT2D eigenvalue weighted by atomic mass is 9.77. The highest BCUT2D eigenvalue weighted by atomic mass is 16.5. The molecule has 3 aromatic rings. The summed E-state index contributed by atoms with van der Waals surface area (Å²) in [5.74, 6) is 2.22. The highest BCUT2D eigenvalue weighted by Gasteiger charge is 2.22. The van der Waals surface area contributed by atoms with Gasteiger partial charge in [-0.2, -0.15) is 0 Å². The smallest absolute Gasteiger partial charge is 0.243 e. The number of hydrogen-bond acceptors (Lipinski definition) is 2. The van der Waals surface area contributed by atoms with Crippen LogP contribution in [-0.2, 0) is 11.2 Å². The van der Waals surface area contributed by atoms with Crippen LogP contribution in [0.25, 0.3) is 22.3 Å². The standard InChI is InChI=1S/C36H43NO2/c1-4-7-8-9-27-10-12-29(13-11-27)30-14-16-32(17-15-30)35-23-20-33(26-28(35)5-2)31-18-21-34(22-19-31)39-25-24-37-36(38)6-3/h4,6-7,14-23,26-27,29H,3,5,8-13,24-25H2,1-2H3,(H,37,38)/b7-4+. The van der Waals surface area contributed by atoms with Gasteiger partial charge < -0.3 is 10.1 Å². The third-order valence-electron chi connectivity index (χ3n) is 8.05. The molecular formula is C36H43NO2. The number of nitrogens with one attached hydrogen (secondary N) is 1. The molecule has 4 rings (SSSR count). The molecule has 0 spiro atoms. The second kappa shape index (κ2) is 14.5. The van der Waals surface area contributed by atoms with Gasteiger partial charge in [-0.05, 0) is 115 Å². The van der Waals surface area contributed by atoms with Crippen molar-refractivity contribution in [2.75, 3.05) is 13.2 Å². The highest BCUT2D eigenvalue weighted by Crippen LogP contribution is 2.38. The first kappa shape index (κ1) is 28.4. The molecule has 0 heterocycles. The van der Waals surface area contributed by atoms with Crippen LogP contribution in [-0.4, -0.2) is 19.1 Å². The fraction of sp³-hybridized carbons (Fsp3) is 0.361. The Morgan fingerprint density at radius 2 is 1.64 bits per heavy atom. The predicted octanol–water partition coefficient (Wildman–Crippen LogP) is 8.89. The normalized spacial score (nSPS) is 17.2. The minimum atomic E-state index is -0.186. The van der Waals surface area contributed by atoms with Gasteiger partial charge in [-0.1, -0.05) is 80.3 Å². The summed E-state index contributed by atoms with van der Waals surface area (Å²) in [4.78, 5) is 11.2. The molecule has 0 bridgehead atoms. The summed E-state index contributed by atoms with van der Waals surface area (Å²) >= 11 is 0. The van der Waals surface area contributed by atoms with Gasteiger partial charge in [-0.15, -0.1) is 0 Å². The van der Waals surface area contributed by atoms with E-state index in [1.807, 2.05) is 12.1 Å². The topological polar surface area (TPSA) is 38.3 Å². The van der Waals surface area contributed by atoms with Crippen molar-refractivity contribution in [3.05, 3.63) is 103 Å². The Kier molecular flexibility index (Phi) is 10.6. The quantitative estimate of drug-likeness (QED) is 0.147. The summed E-state index contributed by atoms with van der Waals surface area (Å²) in [6.45, 7) is 8.67. The lowest BCUT2D eigenvalue weighted by Crippen LogP contribution is -2.26. The molecule has 1 aliphatic rings. The summed E-state index contributed by atoms with van der Waals surface area (Å²) < 4.78 is 5.74. The van der Waals surface area contributed by atoms with E-state index in [2.05, 4.69) is 92.5 Å². The first-order chi connectivity index (χ1) is 19.1. The van der Waals surface area contributed by atoms with Gasteiger partial charge in [0.25, 0.3) is 0 Å². The maximum atomic E-state index is 11.2. The second-order valence-corrected chi connectivity index (χ2v) is 10.6. The van der Waals surface area contributed by atoms with Gasteiger partial charge in [-0.3, -0.25) is 4.79 Å². The van der Waals surface area contributed by atoms with Crippen LogP contribution in [0.2, 0.25) is 0 Å². The van der Waals surface area contributed by atoms with Crippen LogP contribution >= 0.6 is 0 Å². The van der Waals surface area contributed by atoms with Crippen molar-refractivity contribution in [2.24, 2.45) is 5.92 Å². The molecule has 3 heteroatoms. The molecular weight excluding hydrogens is 478 g/mol. The van der Waals surface area contributed by atoms with E-state index in [1.54, 1.807) is 0 Å². The maximum Gasteiger partial charge on any atom is 0.243 e. The fourth-order valence-electron chi connectivity index (χ4n) is 5.72. The summed E-state index contributed by atoms with van der Waals surface area (Å²) in [5, 5.41) is 2.72. The largest absolute Gasteiger partial charge is 0.492 e. The number of amides is 1. The van der Waals surface area contributed by atoms with E-state index in [0.29, 0.717) is 19.1 Å². The molecule has 1 fully saturated rings. The molecule has 204 valence electrons. The summed E-state index contributed by atoms with van der Waals surface area (Å²) in [5.41, 5.74) is 7.87. The number of carbonyl (C=O) groups is 1. The third kappa shape index (κ3) is 7.95. The van der Waals surface area contributed by atoms with Crippen LogP contribution < -0.4 is 10.1 Å². The lowest BCUT2D eigenvalue weighted by Gasteiger charge is -2.28. The van der Waals surface area contributed by atoms with Crippen LogP contribution in [0.4, 0.5) is 0 Å². The number of aryl methyl sites for hydroxylation is 1. The zero-order chi connectivity index (χ0) is 27.5. The molecule has 1 N–H and O–H groups in total. The van der Waals surface area contributed by atoms with Crippen LogP contribution in [0.3, 0.4) is 0 Å². The Morgan fingerprint density at radius 3 is 2.31 bits per heavy atom. The Balaban J connectivity index is 1.37. The maximum absolute atomic E-state index is 11.2. The molecule has 0 aromatic heterocycles. The number of ether oxygens (including phenoxy) is 1. The van der Waals surface area contributed by atoms with Crippen molar-refractivity contribution >= 4 is 5.91 Å². The SMILES string of the molecule is C=CC(=O)NCCOc1ccc(-c2ccc(-c3ccc(C4CCC(CC/C=C/C)CC4)cc3)c(CC)c2)cc1. The predicted molar refractivity (Wildman–Crippen MR) is 164 cm³/mol. The number of rotatable bonds is 12. The molecule has 3 nitrogen and oxygen atoms in total. The summed E-state index contributed by atoms with van der Waals surface area (Å²) in [7, 11) is 0. The molecule has 0 radical (unpaired) electrons. The Hall–Kier alpha value is -3.59. The molecule has 1 aliphatic carbocycles. The highest BCUT2D eigenvalue weighted by molar-refractivity contribution is 5.86. The van der Waals surface area contributed by atoms with Crippen molar-refractivity contribution in [2.45, 2.75) is 64.7 Å². The van der Waals surface area contributed by atoms with Crippen LogP contribution in [0.1, 0.15) is 69.4 Å². The van der Waals surface area contributed by atoms with Crippen molar-refractivity contribution in [3.8, 4) is 28.0 Å². The van der Waals surface area contributed by atoms with Crippen molar-refractivity contribution in [1.29, 1.82) is 0 Å². The number of allylic oxidation sites excluding steroid dienone is 2. The first-order valence-corrected chi connectivity index (χ1v) is 14.6. The molecule has 39 heavy (non-hydrogen) atoms. The molecule has 1 amide bonds. The van der Waals surface area contributed by atoms with E-state index in [4.69, 9.17) is 4.74 Å². The number of hydrogen-bond donors (Lipinski definition) is 1. The monoisotopic (exact) mass is 521 g/mol. The van der Waals surface area contributed by atoms with Gasteiger partial charge >= 0.3 is 0 Å². The Morgan fingerprint density at radius 1 is 0.949 bits per heavy atom. The van der Waals surface area contributed by atoms with Gasteiger partial charge in [0, 0.05) is 0 Å². The second-order valence-electron chi connectivity index (χ2n) is 10.6. The minimum Gasteiger partial charge on any atom is -0.492 e. The molecule has 0 aliphatic heterocycles. The first-order valence-electron chi connectivity index (χ1n) is 14.6. The molecule has 3 aromatic carbocycles. The van der Waals surface area contributed by atoms with Gasteiger partial charge in [0.1, 0.15) is 12.4 Å². The summed E-state index contributed by atoms with van der Waals surface area (Å²) in [6, 6.07) is 24.4. The zero-order valence-corrected chi connectivity index (χ0v) is 23.6. The van der Waals surface area contributed by atoms with Crippen molar-refractivity contribution in [3.63, 3.8) is 0 Å². The van der Waals surface area contributed by atoms with E-state index in [0.717, 1.165) is 18.1 Å². The number of carbonyl (C=O) groups excluding carboxylic acids is 1. The van der Waals surface area contributed by atoms with Crippen molar-refractivity contribution < 1.29 is 9.53 Å². The van der Waals surface area contributed by atoms with E-state index in [9.17, 15) is 4.79 Å². The minimum absolute atomic E-state index is 0.186. The zero-order valence-electron chi connectivity index (χ0n) is 23.6. The van der Waals surface area contributed by atoms with E-state index < -0.39 is 0 Å². The fourth-order valence-corrected chi connectivity index (χ4v) is 5.72. The van der Waals surface area contributed by atoms with Gasteiger partial charge in [0.15, 0.2) is 0 Å². The van der Waals surface area contributed by atoms with Crippen molar-refractivity contribution in [1.82, 2.24) is 5.32 Å². The third-order valence-corrected chi connectivity index (χ3v) is 8.05. The Labute approximate surface area is 235 Å². The van der Waals surface area contributed by atoms with Gasteiger partial charge in [0.2, 0.25) is 5.91 Å². The van der Waals surface area contributed by atoms with Gasteiger partial charge in [0.05, 0.1) is 6.54 Å². The molecule has 0 unspecified atom stereocenters. The summed E-state index contributed by atoms with van der Waals surface area (Å²) in [6.07, 6.45) is 14.7. The van der Waals surface area contributed by atoms with Crippen LogP contribution in [0.5, 0.6) is 5.75 Å². The molecule has 0 atom stereocenters. The molecule has 0 saturated heterocycles.